The fraction of sp³-hybridized carbons (Fsp3) is 0.300. The molecule has 2 aromatic rings. The molecular weight excluding hydrogens is 346 g/mol. The molecule has 0 N–H and O–H groups in total. The molecule has 1 aliphatic rings. The van der Waals surface area contributed by atoms with Gasteiger partial charge < -0.3 is 0 Å². The average Bonchev–Trinajstić information content (AvgIpc) is 2.86. The maximum Gasteiger partial charge on any atom is 0.261 e. The molecule has 6 heteroatoms. The Morgan fingerprint density at radius 1 is 1.12 bits per heavy atom. The van der Waals surface area contributed by atoms with Gasteiger partial charge in [0.15, 0.2) is 0 Å². The Bertz CT molecular complexity index is 883. The highest BCUT2D eigenvalue weighted by molar-refractivity contribution is 7.99. The summed E-state index contributed by atoms with van der Waals surface area (Å²) in [5.41, 5.74) is 3.44. The van der Waals surface area contributed by atoms with E-state index in [1.807, 2.05) is 19.9 Å². The van der Waals surface area contributed by atoms with Gasteiger partial charge in [0.1, 0.15) is 11.1 Å². The van der Waals surface area contributed by atoms with Crippen molar-refractivity contribution in [3.05, 3.63) is 58.3 Å². The van der Waals surface area contributed by atoms with Crippen molar-refractivity contribution < 1.29 is 9.59 Å². The molecule has 1 aromatic carbocycles. The van der Waals surface area contributed by atoms with Crippen LogP contribution < -0.4 is 0 Å². The monoisotopic (exact) mass is 365 g/mol. The van der Waals surface area contributed by atoms with Crippen molar-refractivity contribution in [2.45, 2.75) is 31.7 Å². The van der Waals surface area contributed by atoms with Gasteiger partial charge in [0.05, 0.1) is 16.7 Å². The van der Waals surface area contributed by atoms with E-state index < -0.39 is 0 Å². The van der Waals surface area contributed by atoms with Crippen LogP contribution >= 0.6 is 11.8 Å². The first-order chi connectivity index (χ1) is 12.5. The van der Waals surface area contributed by atoms with Crippen molar-refractivity contribution in [1.82, 2.24) is 9.88 Å². The van der Waals surface area contributed by atoms with Gasteiger partial charge in [-0.2, -0.15) is 5.26 Å². The number of unbranched alkanes of at least 4 members (excludes halogenated alkanes) is 1. The fourth-order valence-corrected chi connectivity index (χ4v) is 4.13. The largest absolute Gasteiger partial charge is 0.274 e. The maximum absolute atomic E-state index is 12.3. The molecule has 3 rings (SSSR count). The third-order valence-electron chi connectivity index (χ3n) is 4.32. The third-order valence-corrected chi connectivity index (χ3v) is 5.38. The number of aryl methyl sites for hydroxylation is 2. The zero-order chi connectivity index (χ0) is 18.7. The predicted molar refractivity (Wildman–Crippen MR) is 100 cm³/mol. The Balaban J connectivity index is 1.53. The first kappa shape index (κ1) is 18.2. The molecule has 0 saturated carbocycles. The van der Waals surface area contributed by atoms with Crippen molar-refractivity contribution >= 4 is 23.6 Å². The summed E-state index contributed by atoms with van der Waals surface area (Å²) in [4.78, 5) is 30.4. The van der Waals surface area contributed by atoms with Crippen LogP contribution in [0.2, 0.25) is 0 Å². The van der Waals surface area contributed by atoms with Gasteiger partial charge in [-0.1, -0.05) is 12.1 Å². The quantitative estimate of drug-likeness (QED) is 0.443. The molecule has 0 atom stereocenters. The smallest absolute Gasteiger partial charge is 0.261 e. The number of nitrogens with zero attached hydrogens (tertiary/aromatic N) is 3. The molecule has 0 bridgehead atoms. The number of fused-ring (bicyclic) bond motifs is 1. The standard InChI is InChI=1S/C20H19N3O2S/c1-13-11-14(2)22-18(17(13)12-21)26-10-6-5-9-23-19(24)15-7-3-4-8-16(15)20(23)25/h3-4,7-8,11H,5-6,9-10H2,1-2H3. The number of carbonyl (C=O) groups is 2. The zero-order valence-corrected chi connectivity index (χ0v) is 15.6. The van der Waals surface area contributed by atoms with Crippen LogP contribution in [-0.4, -0.2) is 34.0 Å². The highest BCUT2D eigenvalue weighted by Crippen LogP contribution is 2.26. The zero-order valence-electron chi connectivity index (χ0n) is 14.8. The van der Waals surface area contributed by atoms with Crippen LogP contribution in [0.4, 0.5) is 0 Å². The minimum absolute atomic E-state index is 0.207. The first-order valence-electron chi connectivity index (χ1n) is 8.49. The molecule has 0 spiro atoms. The van der Waals surface area contributed by atoms with E-state index in [2.05, 4.69) is 11.1 Å². The van der Waals surface area contributed by atoms with Crippen LogP contribution in [0.1, 0.15) is 50.4 Å². The van der Waals surface area contributed by atoms with Gasteiger partial charge in [-0.3, -0.25) is 14.5 Å². The summed E-state index contributed by atoms with van der Waals surface area (Å²) < 4.78 is 0. The highest BCUT2D eigenvalue weighted by atomic mass is 32.2. The Kier molecular flexibility index (Phi) is 5.38. The summed E-state index contributed by atoms with van der Waals surface area (Å²) in [6.45, 7) is 4.25. The number of pyridine rings is 1. The van der Waals surface area contributed by atoms with E-state index in [0.717, 1.165) is 34.9 Å². The van der Waals surface area contributed by atoms with Crippen LogP contribution in [0.15, 0.2) is 35.4 Å². The lowest BCUT2D eigenvalue weighted by Gasteiger charge is -2.13. The second kappa shape index (κ2) is 7.71. The lowest BCUT2D eigenvalue weighted by molar-refractivity contribution is 0.0652. The summed E-state index contributed by atoms with van der Waals surface area (Å²) >= 11 is 1.55. The van der Waals surface area contributed by atoms with Crippen LogP contribution in [0, 0.1) is 25.2 Å². The van der Waals surface area contributed by atoms with Crippen LogP contribution in [-0.2, 0) is 0 Å². The van der Waals surface area contributed by atoms with Crippen molar-refractivity contribution in [3.63, 3.8) is 0 Å². The Labute approximate surface area is 157 Å². The van der Waals surface area contributed by atoms with E-state index in [1.165, 1.54) is 4.90 Å². The van der Waals surface area contributed by atoms with Gasteiger partial charge in [0, 0.05) is 12.2 Å². The molecule has 0 aliphatic carbocycles. The minimum atomic E-state index is -0.207. The fourth-order valence-electron chi connectivity index (χ4n) is 3.03. The maximum atomic E-state index is 12.3. The summed E-state index contributed by atoms with van der Waals surface area (Å²) in [6.07, 6.45) is 1.56. The number of nitriles is 1. The number of carbonyl (C=O) groups excluding carboxylic acids is 2. The van der Waals surface area contributed by atoms with Gasteiger partial charge >= 0.3 is 0 Å². The first-order valence-corrected chi connectivity index (χ1v) is 9.48. The van der Waals surface area contributed by atoms with E-state index in [9.17, 15) is 14.9 Å². The van der Waals surface area contributed by atoms with Gasteiger partial charge in [0.2, 0.25) is 0 Å². The molecule has 1 aliphatic heterocycles. The number of aromatic nitrogens is 1. The number of rotatable bonds is 6. The Hall–Kier alpha value is -2.65. The van der Waals surface area contributed by atoms with E-state index in [1.54, 1.807) is 36.0 Å². The summed E-state index contributed by atoms with van der Waals surface area (Å²) in [5.74, 6) is 0.371. The number of benzene rings is 1. The molecule has 0 fully saturated rings. The van der Waals surface area contributed by atoms with E-state index in [-0.39, 0.29) is 11.8 Å². The van der Waals surface area contributed by atoms with Crippen LogP contribution in [0.5, 0.6) is 0 Å². The Morgan fingerprint density at radius 2 is 1.77 bits per heavy atom. The molecule has 2 amide bonds. The van der Waals surface area contributed by atoms with Crippen LogP contribution in [0.3, 0.4) is 0 Å². The molecule has 0 saturated heterocycles. The number of thioether (sulfide) groups is 1. The van der Waals surface area contributed by atoms with Crippen molar-refractivity contribution in [2.24, 2.45) is 0 Å². The van der Waals surface area contributed by atoms with Crippen molar-refractivity contribution in [2.75, 3.05) is 12.3 Å². The van der Waals surface area contributed by atoms with E-state index in [4.69, 9.17) is 0 Å². The molecular formula is C20H19N3O2S. The normalized spacial score (nSPS) is 13.0. The molecule has 1 aromatic heterocycles. The minimum Gasteiger partial charge on any atom is -0.274 e. The summed E-state index contributed by atoms with van der Waals surface area (Å²) in [7, 11) is 0. The summed E-state index contributed by atoms with van der Waals surface area (Å²) in [5, 5.41) is 10.1. The second-order valence-corrected chi connectivity index (χ2v) is 7.32. The lowest BCUT2D eigenvalue weighted by atomic mass is 10.1. The van der Waals surface area contributed by atoms with Gasteiger partial charge in [-0.15, -0.1) is 11.8 Å². The number of hydrogen-bond donors (Lipinski definition) is 0. The molecule has 26 heavy (non-hydrogen) atoms. The average molecular weight is 365 g/mol. The molecule has 0 radical (unpaired) electrons. The predicted octanol–water partition coefficient (Wildman–Crippen LogP) is 3.74. The van der Waals surface area contributed by atoms with Gasteiger partial charge in [-0.25, -0.2) is 4.98 Å². The van der Waals surface area contributed by atoms with Crippen molar-refractivity contribution in [3.8, 4) is 6.07 Å². The molecule has 0 unspecified atom stereocenters. The van der Waals surface area contributed by atoms with E-state index >= 15 is 0 Å². The SMILES string of the molecule is Cc1cc(C)c(C#N)c(SCCCCN2C(=O)c3ccccc3C2=O)n1. The Morgan fingerprint density at radius 3 is 2.38 bits per heavy atom. The van der Waals surface area contributed by atoms with Crippen LogP contribution in [0.25, 0.3) is 0 Å². The van der Waals surface area contributed by atoms with E-state index in [0.29, 0.717) is 23.2 Å². The van der Waals surface area contributed by atoms with Crippen molar-refractivity contribution in [1.29, 1.82) is 5.26 Å². The third kappa shape index (κ3) is 3.49. The second-order valence-electron chi connectivity index (χ2n) is 6.24. The molecule has 132 valence electrons. The topological polar surface area (TPSA) is 74.1 Å². The van der Waals surface area contributed by atoms with Gasteiger partial charge in [0.25, 0.3) is 11.8 Å². The number of hydrogen-bond acceptors (Lipinski definition) is 5. The number of amides is 2. The molecule has 2 heterocycles. The summed E-state index contributed by atoms with van der Waals surface area (Å²) in [6, 6.07) is 11.1. The lowest BCUT2D eigenvalue weighted by Crippen LogP contribution is -2.30. The highest BCUT2D eigenvalue weighted by Gasteiger charge is 2.34. The molecule has 5 nitrogen and oxygen atoms in total. The number of imide groups is 1. The van der Waals surface area contributed by atoms with Gasteiger partial charge in [-0.05, 0) is 56.2 Å².